The number of amides is 1. The number of nitrogens with one attached hydrogen (secondary N) is 1. The third-order valence-corrected chi connectivity index (χ3v) is 3.69. The van der Waals surface area contributed by atoms with E-state index in [1.165, 1.54) is 18.2 Å². The van der Waals surface area contributed by atoms with Crippen molar-refractivity contribution in [2.75, 3.05) is 20.6 Å². The molecule has 1 amide bonds. The Kier molecular flexibility index (Phi) is 5.89. The third-order valence-electron chi connectivity index (χ3n) is 3.46. The van der Waals surface area contributed by atoms with Gasteiger partial charge in [0.2, 0.25) is 0 Å². The van der Waals surface area contributed by atoms with Gasteiger partial charge >= 0.3 is 0 Å². The summed E-state index contributed by atoms with van der Waals surface area (Å²) < 4.78 is 0. The molecule has 0 unspecified atom stereocenters. The van der Waals surface area contributed by atoms with Gasteiger partial charge in [-0.2, -0.15) is 0 Å². The summed E-state index contributed by atoms with van der Waals surface area (Å²) in [6.07, 6.45) is 0. The van der Waals surface area contributed by atoms with E-state index < -0.39 is 10.8 Å². The Balaban J connectivity index is 2.30. The van der Waals surface area contributed by atoms with Gasteiger partial charge in [-0.3, -0.25) is 14.9 Å². The maximum atomic E-state index is 12.6. The summed E-state index contributed by atoms with van der Waals surface area (Å²) in [5, 5.41) is 14.3. The van der Waals surface area contributed by atoms with Crippen LogP contribution in [-0.2, 0) is 0 Å². The fourth-order valence-corrected chi connectivity index (χ4v) is 2.54. The number of hydrogen-bond donors (Lipinski definition) is 1. The summed E-state index contributed by atoms with van der Waals surface area (Å²) in [6.45, 7) is 0.567. The van der Waals surface area contributed by atoms with E-state index in [1.54, 1.807) is 0 Å². The van der Waals surface area contributed by atoms with Crippen LogP contribution in [0.2, 0.25) is 5.02 Å². The predicted molar refractivity (Wildman–Crippen MR) is 93.3 cm³/mol. The van der Waals surface area contributed by atoms with Gasteiger partial charge in [-0.15, -0.1) is 0 Å². The van der Waals surface area contributed by atoms with Gasteiger partial charge in [0.05, 0.1) is 11.0 Å². The van der Waals surface area contributed by atoms with Gasteiger partial charge in [-0.1, -0.05) is 41.9 Å². The van der Waals surface area contributed by atoms with E-state index in [9.17, 15) is 14.9 Å². The Morgan fingerprint density at radius 1 is 1.25 bits per heavy atom. The van der Waals surface area contributed by atoms with Crippen LogP contribution in [0.25, 0.3) is 0 Å². The Morgan fingerprint density at radius 3 is 2.50 bits per heavy atom. The molecule has 0 radical (unpaired) electrons. The maximum Gasteiger partial charge on any atom is 0.283 e. The number of carbonyl (C=O) groups excluding carboxylic acids is 1. The molecule has 0 spiro atoms. The lowest BCUT2D eigenvalue weighted by Crippen LogP contribution is -2.35. The SMILES string of the molecule is CN(C)C[C@@H](NC(=O)c1ccc(Cl)cc1[N+](=O)[O-])c1ccccc1. The van der Waals surface area contributed by atoms with E-state index in [-0.39, 0.29) is 22.3 Å². The molecule has 2 aromatic rings. The smallest absolute Gasteiger partial charge is 0.283 e. The van der Waals surface area contributed by atoms with Crippen LogP contribution in [0.3, 0.4) is 0 Å². The molecule has 0 aliphatic carbocycles. The van der Waals surface area contributed by atoms with E-state index in [0.29, 0.717) is 6.54 Å². The van der Waals surface area contributed by atoms with Gasteiger partial charge in [0.25, 0.3) is 11.6 Å². The van der Waals surface area contributed by atoms with Crippen molar-refractivity contribution in [1.82, 2.24) is 10.2 Å². The number of hydrogen-bond acceptors (Lipinski definition) is 4. The van der Waals surface area contributed by atoms with Crippen molar-refractivity contribution in [3.63, 3.8) is 0 Å². The molecule has 0 bridgehead atoms. The van der Waals surface area contributed by atoms with Crippen LogP contribution >= 0.6 is 11.6 Å². The zero-order chi connectivity index (χ0) is 17.7. The Morgan fingerprint density at radius 2 is 1.92 bits per heavy atom. The monoisotopic (exact) mass is 347 g/mol. The molecule has 126 valence electrons. The van der Waals surface area contributed by atoms with E-state index in [1.807, 2.05) is 49.3 Å². The normalized spacial score (nSPS) is 12.0. The highest BCUT2D eigenvalue weighted by Gasteiger charge is 2.23. The highest BCUT2D eigenvalue weighted by molar-refractivity contribution is 6.31. The Hall–Kier alpha value is -2.44. The number of nitro groups is 1. The molecule has 0 fully saturated rings. The number of rotatable bonds is 6. The fourth-order valence-electron chi connectivity index (χ4n) is 2.37. The zero-order valence-electron chi connectivity index (χ0n) is 13.4. The largest absolute Gasteiger partial charge is 0.344 e. The summed E-state index contributed by atoms with van der Waals surface area (Å²) in [7, 11) is 3.79. The highest BCUT2D eigenvalue weighted by Crippen LogP contribution is 2.24. The van der Waals surface area contributed by atoms with Crippen LogP contribution in [0.5, 0.6) is 0 Å². The Labute approximate surface area is 145 Å². The first kappa shape index (κ1) is 17.9. The molecule has 0 saturated carbocycles. The molecule has 0 aliphatic rings. The zero-order valence-corrected chi connectivity index (χ0v) is 14.2. The predicted octanol–water partition coefficient (Wildman–Crippen LogP) is 3.28. The van der Waals surface area contributed by atoms with Crippen molar-refractivity contribution in [2.24, 2.45) is 0 Å². The van der Waals surface area contributed by atoms with Crippen LogP contribution in [0.1, 0.15) is 22.0 Å². The molecule has 1 N–H and O–H groups in total. The quantitative estimate of drug-likeness (QED) is 0.642. The summed E-state index contributed by atoms with van der Waals surface area (Å²) in [6, 6.07) is 13.2. The molecule has 0 heterocycles. The molecule has 24 heavy (non-hydrogen) atoms. The van der Waals surface area contributed by atoms with Crippen molar-refractivity contribution in [1.29, 1.82) is 0 Å². The summed E-state index contributed by atoms with van der Waals surface area (Å²) in [4.78, 5) is 25.1. The molecular formula is C17H18ClN3O3. The first-order valence-corrected chi connectivity index (χ1v) is 7.70. The van der Waals surface area contributed by atoms with Crippen LogP contribution in [0.4, 0.5) is 5.69 Å². The van der Waals surface area contributed by atoms with Crippen molar-refractivity contribution >= 4 is 23.2 Å². The minimum Gasteiger partial charge on any atom is -0.344 e. The standard InChI is InChI=1S/C17H18ClN3O3/c1-20(2)11-15(12-6-4-3-5-7-12)19-17(22)14-9-8-13(18)10-16(14)21(23)24/h3-10,15H,11H2,1-2H3,(H,19,22)/t15-/m1/s1. The van der Waals surface area contributed by atoms with E-state index >= 15 is 0 Å². The summed E-state index contributed by atoms with van der Waals surface area (Å²) in [5.74, 6) is -0.505. The maximum absolute atomic E-state index is 12.6. The lowest BCUT2D eigenvalue weighted by molar-refractivity contribution is -0.385. The van der Waals surface area contributed by atoms with Gasteiger partial charge in [0.15, 0.2) is 0 Å². The van der Waals surface area contributed by atoms with E-state index in [0.717, 1.165) is 5.56 Å². The molecule has 6 nitrogen and oxygen atoms in total. The molecule has 1 atom stereocenters. The number of nitrogens with zero attached hydrogens (tertiary/aromatic N) is 2. The number of likely N-dealkylation sites (N-methyl/N-ethyl adjacent to an activating group) is 1. The summed E-state index contributed by atoms with van der Waals surface area (Å²) >= 11 is 5.79. The average molecular weight is 348 g/mol. The first-order chi connectivity index (χ1) is 11.4. The van der Waals surface area contributed by atoms with Crippen LogP contribution < -0.4 is 5.32 Å². The number of benzene rings is 2. The Bertz CT molecular complexity index is 735. The second-order valence-electron chi connectivity index (χ2n) is 5.62. The van der Waals surface area contributed by atoms with Crippen LogP contribution in [-0.4, -0.2) is 36.4 Å². The van der Waals surface area contributed by atoms with E-state index in [2.05, 4.69) is 5.32 Å². The lowest BCUT2D eigenvalue weighted by atomic mass is 10.1. The van der Waals surface area contributed by atoms with Crippen LogP contribution in [0, 0.1) is 10.1 Å². The van der Waals surface area contributed by atoms with Gasteiger partial charge in [0.1, 0.15) is 5.56 Å². The van der Waals surface area contributed by atoms with Gasteiger partial charge < -0.3 is 10.2 Å². The highest BCUT2D eigenvalue weighted by atomic mass is 35.5. The van der Waals surface area contributed by atoms with Crippen molar-refractivity contribution in [3.05, 3.63) is 74.8 Å². The summed E-state index contributed by atoms with van der Waals surface area (Å²) in [5.41, 5.74) is 0.608. The first-order valence-electron chi connectivity index (χ1n) is 7.33. The second kappa shape index (κ2) is 7.90. The number of halogens is 1. The van der Waals surface area contributed by atoms with Gasteiger partial charge in [0, 0.05) is 17.6 Å². The molecular weight excluding hydrogens is 330 g/mol. The minimum absolute atomic E-state index is 0.0101. The number of nitro benzene ring substituents is 1. The van der Waals surface area contributed by atoms with Gasteiger partial charge in [-0.25, -0.2) is 0 Å². The molecule has 0 aliphatic heterocycles. The second-order valence-corrected chi connectivity index (χ2v) is 6.05. The van der Waals surface area contributed by atoms with Gasteiger partial charge in [-0.05, 0) is 31.8 Å². The third kappa shape index (κ3) is 4.53. The van der Waals surface area contributed by atoms with E-state index in [4.69, 9.17) is 11.6 Å². The minimum atomic E-state index is -0.607. The van der Waals surface area contributed by atoms with Crippen molar-refractivity contribution < 1.29 is 9.72 Å². The lowest BCUT2D eigenvalue weighted by Gasteiger charge is -2.23. The molecule has 0 aromatic heterocycles. The molecule has 2 aromatic carbocycles. The molecule has 0 saturated heterocycles. The average Bonchev–Trinajstić information content (AvgIpc) is 2.54. The molecule has 2 rings (SSSR count). The van der Waals surface area contributed by atoms with Crippen LogP contribution in [0.15, 0.2) is 48.5 Å². The number of carbonyl (C=O) groups is 1. The topological polar surface area (TPSA) is 75.5 Å². The fraction of sp³-hybridized carbons (Fsp3) is 0.235. The van der Waals surface area contributed by atoms with Crippen molar-refractivity contribution in [2.45, 2.75) is 6.04 Å². The molecule has 7 heteroatoms. The van der Waals surface area contributed by atoms with Crippen molar-refractivity contribution in [3.8, 4) is 0 Å².